The standard InChI is InChI=1S/C36H45N3O7/c1-5-44-34-22-27(16-17-31(34)36(41)45-24-28-12-11-13-29(21-28)26(4)46-39(42)43)23-35(40)37-32(20-25(2)3)30-14-7-8-15-33(30)38-18-9-6-10-19-38/h7-8,11-17,21-22,25-26,32H,5-6,9-10,18-20,23-24H2,1-4H3,(H,37,40)/t26?,32-/m0/s1. The number of benzene rings is 3. The van der Waals surface area contributed by atoms with Gasteiger partial charge in [0.2, 0.25) is 5.91 Å². The Morgan fingerprint density at radius 2 is 1.72 bits per heavy atom. The topological polar surface area (TPSA) is 120 Å². The Balaban J connectivity index is 1.44. The first-order valence-electron chi connectivity index (χ1n) is 16.1. The maximum absolute atomic E-state index is 13.4. The van der Waals surface area contributed by atoms with E-state index >= 15 is 0 Å². The van der Waals surface area contributed by atoms with E-state index < -0.39 is 17.2 Å². The molecule has 0 aliphatic carbocycles. The third kappa shape index (κ3) is 9.70. The van der Waals surface area contributed by atoms with Crippen LogP contribution in [-0.4, -0.2) is 36.7 Å². The zero-order valence-corrected chi connectivity index (χ0v) is 27.2. The maximum Gasteiger partial charge on any atom is 0.342 e. The van der Waals surface area contributed by atoms with Crippen LogP contribution in [0.1, 0.15) is 98.1 Å². The molecule has 46 heavy (non-hydrogen) atoms. The predicted molar refractivity (Wildman–Crippen MR) is 176 cm³/mol. The van der Waals surface area contributed by atoms with Gasteiger partial charge in [0.05, 0.1) is 19.1 Å². The van der Waals surface area contributed by atoms with Crippen LogP contribution in [0.5, 0.6) is 5.75 Å². The number of hydrogen-bond acceptors (Lipinski definition) is 8. The van der Waals surface area contributed by atoms with Gasteiger partial charge < -0.3 is 24.5 Å². The second-order valence-corrected chi connectivity index (χ2v) is 12.1. The first kappa shape index (κ1) is 34.3. The Bertz CT molecular complexity index is 1490. The number of esters is 1. The van der Waals surface area contributed by atoms with E-state index in [0.717, 1.165) is 30.6 Å². The third-order valence-corrected chi connectivity index (χ3v) is 8.02. The van der Waals surface area contributed by atoms with Crippen LogP contribution >= 0.6 is 0 Å². The van der Waals surface area contributed by atoms with Gasteiger partial charge in [0, 0.05) is 18.8 Å². The number of para-hydroxylation sites is 1. The van der Waals surface area contributed by atoms with Gasteiger partial charge in [-0.25, -0.2) is 4.79 Å². The van der Waals surface area contributed by atoms with Gasteiger partial charge in [-0.3, -0.25) is 4.79 Å². The SMILES string of the molecule is CCOc1cc(CC(=O)N[C@@H](CC(C)C)c2ccccc2N2CCCCC2)ccc1C(=O)OCc1cccc(C(C)O[N+](=O)[O-])c1. The van der Waals surface area contributed by atoms with Gasteiger partial charge in [0.15, 0.2) is 0 Å². The summed E-state index contributed by atoms with van der Waals surface area (Å²) in [5.74, 6) is 0.0429. The largest absolute Gasteiger partial charge is 0.493 e. The highest BCUT2D eigenvalue weighted by molar-refractivity contribution is 5.93. The van der Waals surface area contributed by atoms with Crippen LogP contribution in [-0.2, 0) is 27.4 Å². The van der Waals surface area contributed by atoms with Crippen LogP contribution in [0.15, 0.2) is 66.7 Å². The average molecular weight is 632 g/mol. The fourth-order valence-electron chi connectivity index (χ4n) is 5.84. The Morgan fingerprint density at radius 1 is 0.957 bits per heavy atom. The molecule has 2 atom stereocenters. The summed E-state index contributed by atoms with van der Waals surface area (Å²) in [6.45, 7) is 10.1. The zero-order valence-electron chi connectivity index (χ0n) is 27.2. The quantitative estimate of drug-likeness (QED) is 0.107. The molecule has 246 valence electrons. The van der Waals surface area contributed by atoms with Crippen LogP contribution in [0.25, 0.3) is 0 Å². The van der Waals surface area contributed by atoms with Crippen molar-refractivity contribution in [2.75, 3.05) is 24.6 Å². The molecule has 0 saturated carbocycles. The van der Waals surface area contributed by atoms with E-state index in [0.29, 0.717) is 29.4 Å². The van der Waals surface area contributed by atoms with Gasteiger partial charge in [-0.1, -0.05) is 62.4 Å². The van der Waals surface area contributed by atoms with Crippen molar-refractivity contribution >= 4 is 17.6 Å². The number of hydrogen-bond donors (Lipinski definition) is 1. The van der Waals surface area contributed by atoms with Gasteiger partial charge in [0.25, 0.3) is 5.09 Å². The molecule has 1 saturated heterocycles. The molecule has 1 unspecified atom stereocenters. The molecule has 3 aromatic carbocycles. The summed E-state index contributed by atoms with van der Waals surface area (Å²) in [6.07, 6.45) is 3.79. The van der Waals surface area contributed by atoms with E-state index in [1.54, 1.807) is 49.4 Å². The lowest BCUT2D eigenvalue weighted by atomic mass is 9.94. The number of ether oxygens (including phenoxy) is 2. The minimum atomic E-state index is -0.834. The number of carbonyl (C=O) groups excluding carboxylic acids is 2. The zero-order chi connectivity index (χ0) is 33.1. The van der Waals surface area contributed by atoms with Crippen molar-refractivity contribution < 1.29 is 29.0 Å². The van der Waals surface area contributed by atoms with Crippen molar-refractivity contribution in [1.82, 2.24) is 5.32 Å². The lowest BCUT2D eigenvalue weighted by Gasteiger charge is -2.33. The van der Waals surface area contributed by atoms with Gasteiger partial charge >= 0.3 is 5.97 Å². The van der Waals surface area contributed by atoms with Crippen molar-refractivity contribution in [2.45, 2.75) is 78.6 Å². The molecule has 1 aliphatic rings. The fraction of sp³-hybridized carbons (Fsp3) is 0.444. The molecule has 0 spiro atoms. The number of anilines is 1. The summed E-state index contributed by atoms with van der Waals surface area (Å²) in [5.41, 5.74) is 4.56. The fourth-order valence-corrected chi connectivity index (χ4v) is 5.84. The molecule has 1 amide bonds. The average Bonchev–Trinajstić information content (AvgIpc) is 3.03. The number of rotatable bonds is 15. The van der Waals surface area contributed by atoms with Crippen LogP contribution in [0.4, 0.5) is 5.69 Å². The van der Waals surface area contributed by atoms with Crippen molar-refractivity contribution in [3.05, 3.63) is 105 Å². The molecule has 0 aromatic heterocycles. The summed E-state index contributed by atoms with van der Waals surface area (Å²) in [4.78, 5) is 44.3. The van der Waals surface area contributed by atoms with Crippen LogP contribution < -0.4 is 15.0 Å². The molecule has 0 radical (unpaired) electrons. The maximum atomic E-state index is 13.4. The number of piperidine rings is 1. The second-order valence-electron chi connectivity index (χ2n) is 12.1. The minimum Gasteiger partial charge on any atom is -0.493 e. The molecule has 10 heteroatoms. The molecular weight excluding hydrogens is 586 g/mol. The normalized spacial score (nSPS) is 14.3. The van der Waals surface area contributed by atoms with E-state index in [1.165, 1.54) is 24.9 Å². The van der Waals surface area contributed by atoms with Crippen molar-refractivity contribution in [3.63, 3.8) is 0 Å². The van der Waals surface area contributed by atoms with E-state index in [2.05, 4.69) is 47.1 Å². The Morgan fingerprint density at radius 3 is 2.43 bits per heavy atom. The van der Waals surface area contributed by atoms with Crippen LogP contribution in [0.3, 0.4) is 0 Å². The number of amides is 1. The Kier molecular flexibility index (Phi) is 12.4. The summed E-state index contributed by atoms with van der Waals surface area (Å²) in [6, 6.07) is 20.2. The first-order valence-corrected chi connectivity index (χ1v) is 16.1. The molecule has 1 N–H and O–H groups in total. The van der Waals surface area contributed by atoms with Crippen molar-refractivity contribution in [2.24, 2.45) is 5.92 Å². The van der Waals surface area contributed by atoms with Gasteiger partial charge in [-0.15, -0.1) is 10.1 Å². The lowest BCUT2D eigenvalue weighted by molar-refractivity contribution is -0.770. The number of nitrogens with zero attached hydrogens (tertiary/aromatic N) is 2. The van der Waals surface area contributed by atoms with E-state index in [4.69, 9.17) is 9.47 Å². The molecule has 1 heterocycles. The molecule has 1 fully saturated rings. The number of carbonyl (C=O) groups is 2. The van der Waals surface area contributed by atoms with Crippen LogP contribution in [0.2, 0.25) is 0 Å². The monoisotopic (exact) mass is 631 g/mol. The first-order chi connectivity index (χ1) is 22.1. The van der Waals surface area contributed by atoms with E-state index in [-0.39, 0.29) is 30.5 Å². The van der Waals surface area contributed by atoms with Gasteiger partial charge in [-0.2, -0.15) is 0 Å². The molecule has 3 aromatic rings. The second kappa shape index (κ2) is 16.6. The van der Waals surface area contributed by atoms with Crippen molar-refractivity contribution in [3.8, 4) is 5.75 Å². The smallest absolute Gasteiger partial charge is 0.342 e. The van der Waals surface area contributed by atoms with Gasteiger partial charge in [0.1, 0.15) is 24.0 Å². The summed E-state index contributed by atoms with van der Waals surface area (Å²) < 4.78 is 11.3. The molecule has 0 bridgehead atoms. The summed E-state index contributed by atoms with van der Waals surface area (Å²) in [7, 11) is 0. The van der Waals surface area contributed by atoms with Crippen LogP contribution in [0, 0.1) is 16.0 Å². The summed E-state index contributed by atoms with van der Waals surface area (Å²) in [5, 5.41) is 13.2. The molecule has 4 rings (SSSR count). The van der Waals surface area contributed by atoms with E-state index in [1.807, 2.05) is 13.0 Å². The highest BCUT2D eigenvalue weighted by Gasteiger charge is 2.23. The van der Waals surface area contributed by atoms with Crippen molar-refractivity contribution in [1.29, 1.82) is 0 Å². The molecule has 1 aliphatic heterocycles. The Labute approximate surface area is 271 Å². The molecule has 10 nitrogen and oxygen atoms in total. The Hall–Kier alpha value is -4.60. The summed E-state index contributed by atoms with van der Waals surface area (Å²) >= 11 is 0. The highest BCUT2D eigenvalue weighted by Crippen LogP contribution is 2.32. The van der Waals surface area contributed by atoms with Gasteiger partial charge in [-0.05, 0) is 85.9 Å². The third-order valence-electron chi connectivity index (χ3n) is 8.02. The highest BCUT2D eigenvalue weighted by atomic mass is 17.0. The lowest BCUT2D eigenvalue weighted by Crippen LogP contribution is -2.34. The minimum absolute atomic E-state index is 0.0380. The van der Waals surface area contributed by atoms with E-state index in [9.17, 15) is 19.7 Å². The molecular formula is C36H45N3O7. The predicted octanol–water partition coefficient (Wildman–Crippen LogP) is 7.15. The number of nitrogens with one attached hydrogen (secondary N) is 1.